The molecular formula is C11H15NO. The highest BCUT2D eigenvalue weighted by Crippen LogP contribution is 2.29. The third kappa shape index (κ3) is 1.77. The number of aryl methyl sites for hydroxylation is 1. The van der Waals surface area contributed by atoms with Crippen molar-refractivity contribution < 1.29 is 4.74 Å². The van der Waals surface area contributed by atoms with Gasteiger partial charge in [-0.3, -0.25) is 0 Å². The van der Waals surface area contributed by atoms with Crippen LogP contribution < -0.4 is 10.5 Å². The molecule has 2 rings (SSSR count). The summed E-state index contributed by atoms with van der Waals surface area (Å²) >= 11 is 0. The van der Waals surface area contributed by atoms with E-state index in [9.17, 15) is 0 Å². The van der Waals surface area contributed by atoms with Crippen LogP contribution in [-0.4, -0.2) is 6.10 Å². The number of hydrogen-bond donors (Lipinski definition) is 1. The molecule has 1 aliphatic rings. The van der Waals surface area contributed by atoms with E-state index in [1.807, 2.05) is 25.1 Å². The molecule has 1 aromatic carbocycles. The van der Waals surface area contributed by atoms with Crippen LogP contribution >= 0.6 is 0 Å². The zero-order valence-electron chi connectivity index (χ0n) is 7.92. The van der Waals surface area contributed by atoms with Crippen LogP contribution in [0.1, 0.15) is 24.8 Å². The third-order valence-corrected chi connectivity index (χ3v) is 2.51. The highest BCUT2D eigenvalue weighted by molar-refractivity contribution is 5.53. The molecule has 0 amide bonds. The molecule has 2 nitrogen and oxygen atoms in total. The molecule has 0 bridgehead atoms. The Balaban J connectivity index is 2.13. The van der Waals surface area contributed by atoms with E-state index in [-0.39, 0.29) is 0 Å². The maximum Gasteiger partial charge on any atom is 0.142 e. The highest BCUT2D eigenvalue weighted by atomic mass is 16.5. The van der Waals surface area contributed by atoms with E-state index in [0.717, 1.165) is 11.4 Å². The van der Waals surface area contributed by atoms with Gasteiger partial charge in [0.15, 0.2) is 0 Å². The average Bonchev–Trinajstić information content (AvgIpc) is 2.03. The van der Waals surface area contributed by atoms with Crippen molar-refractivity contribution in [2.24, 2.45) is 0 Å². The summed E-state index contributed by atoms with van der Waals surface area (Å²) in [6, 6.07) is 5.92. The molecule has 0 radical (unpaired) electrons. The Morgan fingerprint density at radius 2 is 2.15 bits per heavy atom. The summed E-state index contributed by atoms with van der Waals surface area (Å²) in [4.78, 5) is 0. The Kier molecular flexibility index (Phi) is 2.13. The average molecular weight is 177 g/mol. The molecule has 1 aliphatic carbocycles. The highest BCUT2D eigenvalue weighted by Gasteiger charge is 2.19. The molecule has 2 N–H and O–H groups in total. The normalized spacial score (nSPS) is 16.7. The van der Waals surface area contributed by atoms with Crippen molar-refractivity contribution in [3.8, 4) is 5.75 Å². The summed E-state index contributed by atoms with van der Waals surface area (Å²) in [6.45, 7) is 2.05. The van der Waals surface area contributed by atoms with Gasteiger partial charge in [-0.1, -0.05) is 6.07 Å². The molecule has 0 aliphatic heterocycles. The van der Waals surface area contributed by atoms with Gasteiger partial charge in [-0.2, -0.15) is 0 Å². The van der Waals surface area contributed by atoms with Crippen LogP contribution in [0.2, 0.25) is 0 Å². The molecule has 0 saturated heterocycles. The molecule has 70 valence electrons. The Morgan fingerprint density at radius 3 is 2.77 bits per heavy atom. The predicted molar refractivity (Wildman–Crippen MR) is 53.9 cm³/mol. The lowest BCUT2D eigenvalue weighted by molar-refractivity contribution is 0.121. The summed E-state index contributed by atoms with van der Waals surface area (Å²) in [5.74, 6) is 0.852. The van der Waals surface area contributed by atoms with Crippen molar-refractivity contribution in [3.05, 3.63) is 23.8 Å². The quantitative estimate of drug-likeness (QED) is 0.704. The van der Waals surface area contributed by atoms with Crippen molar-refractivity contribution in [2.75, 3.05) is 5.73 Å². The minimum absolute atomic E-state index is 0.407. The summed E-state index contributed by atoms with van der Waals surface area (Å²) < 4.78 is 5.74. The van der Waals surface area contributed by atoms with Gasteiger partial charge in [-0.15, -0.1) is 0 Å². The van der Waals surface area contributed by atoms with Gasteiger partial charge in [-0.05, 0) is 43.9 Å². The molecular weight excluding hydrogens is 162 g/mol. The van der Waals surface area contributed by atoms with Gasteiger partial charge in [0, 0.05) is 0 Å². The van der Waals surface area contributed by atoms with E-state index >= 15 is 0 Å². The van der Waals surface area contributed by atoms with Crippen LogP contribution in [0.15, 0.2) is 18.2 Å². The summed E-state index contributed by atoms with van der Waals surface area (Å²) in [5.41, 5.74) is 7.74. The number of ether oxygens (including phenoxy) is 1. The van der Waals surface area contributed by atoms with E-state index < -0.39 is 0 Å². The monoisotopic (exact) mass is 177 g/mol. The number of benzene rings is 1. The first-order valence-electron chi connectivity index (χ1n) is 4.78. The maximum absolute atomic E-state index is 5.79. The zero-order valence-corrected chi connectivity index (χ0v) is 7.92. The lowest BCUT2D eigenvalue weighted by Gasteiger charge is -2.27. The Morgan fingerprint density at radius 1 is 1.38 bits per heavy atom. The zero-order chi connectivity index (χ0) is 9.26. The number of rotatable bonds is 2. The first kappa shape index (κ1) is 8.42. The van der Waals surface area contributed by atoms with Crippen molar-refractivity contribution >= 4 is 5.69 Å². The Labute approximate surface area is 78.7 Å². The number of nitrogens with two attached hydrogens (primary N) is 1. The molecule has 1 aromatic rings. The van der Waals surface area contributed by atoms with Gasteiger partial charge in [0.05, 0.1) is 11.8 Å². The maximum atomic E-state index is 5.79. The molecule has 0 spiro atoms. The van der Waals surface area contributed by atoms with Crippen LogP contribution in [0.4, 0.5) is 5.69 Å². The van der Waals surface area contributed by atoms with E-state index in [1.165, 1.54) is 24.8 Å². The van der Waals surface area contributed by atoms with Crippen LogP contribution in [0.5, 0.6) is 5.75 Å². The first-order valence-corrected chi connectivity index (χ1v) is 4.78. The molecule has 2 heteroatoms. The van der Waals surface area contributed by atoms with Gasteiger partial charge < -0.3 is 10.5 Å². The largest absolute Gasteiger partial charge is 0.488 e. The molecule has 0 atom stereocenters. The van der Waals surface area contributed by atoms with Gasteiger partial charge in [-0.25, -0.2) is 0 Å². The van der Waals surface area contributed by atoms with E-state index in [0.29, 0.717) is 6.10 Å². The van der Waals surface area contributed by atoms with E-state index in [4.69, 9.17) is 10.5 Å². The van der Waals surface area contributed by atoms with Crippen LogP contribution in [0.25, 0.3) is 0 Å². The second-order valence-electron chi connectivity index (χ2n) is 3.71. The fourth-order valence-corrected chi connectivity index (χ4v) is 1.41. The lowest BCUT2D eigenvalue weighted by atomic mass is 9.96. The fourth-order valence-electron chi connectivity index (χ4n) is 1.41. The molecule has 1 saturated carbocycles. The van der Waals surface area contributed by atoms with Crippen molar-refractivity contribution in [3.63, 3.8) is 0 Å². The molecule has 0 heterocycles. The molecule has 13 heavy (non-hydrogen) atoms. The van der Waals surface area contributed by atoms with Crippen molar-refractivity contribution in [1.82, 2.24) is 0 Å². The molecule has 0 aromatic heterocycles. The van der Waals surface area contributed by atoms with Gasteiger partial charge in [0.2, 0.25) is 0 Å². The third-order valence-electron chi connectivity index (χ3n) is 2.51. The van der Waals surface area contributed by atoms with Crippen molar-refractivity contribution in [1.29, 1.82) is 0 Å². The number of nitrogen functional groups attached to an aromatic ring is 1. The minimum Gasteiger partial charge on any atom is -0.488 e. The topological polar surface area (TPSA) is 35.2 Å². The van der Waals surface area contributed by atoms with Crippen LogP contribution in [-0.2, 0) is 0 Å². The lowest BCUT2D eigenvalue weighted by Crippen LogP contribution is -2.24. The number of hydrogen-bond acceptors (Lipinski definition) is 2. The fraction of sp³-hybridized carbons (Fsp3) is 0.455. The summed E-state index contributed by atoms with van der Waals surface area (Å²) in [5, 5.41) is 0. The Hall–Kier alpha value is -1.18. The van der Waals surface area contributed by atoms with Crippen LogP contribution in [0.3, 0.4) is 0 Å². The second-order valence-corrected chi connectivity index (χ2v) is 3.71. The van der Waals surface area contributed by atoms with Crippen molar-refractivity contribution in [2.45, 2.75) is 32.3 Å². The summed E-state index contributed by atoms with van der Waals surface area (Å²) in [6.07, 6.45) is 4.04. The van der Waals surface area contributed by atoms with Gasteiger partial charge in [0.1, 0.15) is 5.75 Å². The molecule has 1 fully saturated rings. The first-order chi connectivity index (χ1) is 6.25. The minimum atomic E-state index is 0.407. The number of anilines is 1. The Bertz CT molecular complexity index is 305. The predicted octanol–water partition coefficient (Wildman–Crippen LogP) is 2.51. The smallest absolute Gasteiger partial charge is 0.142 e. The molecule has 0 unspecified atom stereocenters. The standard InChI is InChI=1S/C11H15NO/c1-8-5-6-10(12)11(7-8)13-9-3-2-4-9/h5-7,9H,2-4,12H2,1H3. The van der Waals surface area contributed by atoms with E-state index in [1.54, 1.807) is 0 Å². The SMILES string of the molecule is Cc1ccc(N)c(OC2CCC2)c1. The summed E-state index contributed by atoms with van der Waals surface area (Å²) in [7, 11) is 0. The van der Waals surface area contributed by atoms with Crippen LogP contribution in [0, 0.1) is 6.92 Å². The van der Waals surface area contributed by atoms with Gasteiger partial charge in [0.25, 0.3) is 0 Å². The van der Waals surface area contributed by atoms with E-state index in [2.05, 4.69) is 0 Å². The van der Waals surface area contributed by atoms with Gasteiger partial charge >= 0.3 is 0 Å². The second kappa shape index (κ2) is 3.29.